The van der Waals surface area contributed by atoms with Gasteiger partial charge >= 0.3 is 0 Å². The van der Waals surface area contributed by atoms with Crippen molar-refractivity contribution in [2.24, 2.45) is 7.05 Å². The van der Waals surface area contributed by atoms with Crippen LogP contribution in [0, 0.1) is 0 Å². The molecule has 1 atom stereocenters. The van der Waals surface area contributed by atoms with Crippen molar-refractivity contribution >= 4 is 5.78 Å². The fourth-order valence-electron chi connectivity index (χ4n) is 2.55. The second-order valence-corrected chi connectivity index (χ2v) is 4.55. The highest BCUT2D eigenvalue weighted by atomic mass is 16.1. The zero-order valence-corrected chi connectivity index (χ0v) is 9.99. The van der Waals surface area contributed by atoms with Gasteiger partial charge < -0.3 is 9.88 Å². The number of hydrogen-bond acceptors (Lipinski definition) is 3. The number of nitrogens with zero attached hydrogens (tertiary/aromatic N) is 2. The number of ketones is 1. The Hall–Kier alpha value is -1.16. The highest BCUT2D eigenvalue weighted by molar-refractivity contribution is 6.00. The van der Waals surface area contributed by atoms with Crippen LogP contribution in [0.15, 0.2) is 12.4 Å². The van der Waals surface area contributed by atoms with Gasteiger partial charge in [-0.2, -0.15) is 0 Å². The van der Waals surface area contributed by atoms with Gasteiger partial charge in [0.05, 0.1) is 5.54 Å². The molecule has 0 spiro atoms. The van der Waals surface area contributed by atoms with E-state index < -0.39 is 0 Å². The summed E-state index contributed by atoms with van der Waals surface area (Å²) in [6.45, 7) is 3.06. The summed E-state index contributed by atoms with van der Waals surface area (Å²) in [5.74, 6) is 0.724. The monoisotopic (exact) mass is 221 g/mol. The smallest absolute Gasteiger partial charge is 0.218 e. The van der Waals surface area contributed by atoms with Crippen LogP contribution in [0.4, 0.5) is 0 Å². The Bertz CT molecular complexity index is 377. The Labute approximate surface area is 96.1 Å². The minimum atomic E-state index is -0.353. The molecule has 1 aliphatic rings. The highest BCUT2D eigenvalue weighted by Crippen LogP contribution is 2.28. The molecule has 1 unspecified atom stereocenters. The van der Waals surface area contributed by atoms with Gasteiger partial charge in [0.2, 0.25) is 5.78 Å². The molecule has 1 saturated heterocycles. The van der Waals surface area contributed by atoms with Crippen LogP contribution in [-0.2, 0) is 7.05 Å². The molecule has 0 saturated carbocycles. The van der Waals surface area contributed by atoms with Gasteiger partial charge in [0.15, 0.2) is 5.82 Å². The largest absolute Gasteiger partial charge is 0.332 e. The first kappa shape index (κ1) is 11.3. The highest BCUT2D eigenvalue weighted by Gasteiger charge is 2.41. The number of Topliss-reactive ketones (excluding diaryl/α,β-unsaturated/α-hetero) is 1. The van der Waals surface area contributed by atoms with E-state index in [0.717, 1.165) is 32.2 Å². The molecule has 88 valence electrons. The van der Waals surface area contributed by atoms with E-state index in [1.807, 2.05) is 13.2 Å². The zero-order valence-electron chi connectivity index (χ0n) is 9.99. The minimum Gasteiger partial charge on any atom is -0.332 e. The van der Waals surface area contributed by atoms with Gasteiger partial charge in [-0.25, -0.2) is 4.98 Å². The first-order valence-electron chi connectivity index (χ1n) is 5.97. The molecular formula is C12H19N3O. The fourth-order valence-corrected chi connectivity index (χ4v) is 2.55. The number of nitrogens with one attached hydrogen (secondary N) is 1. The standard InChI is InChI=1S/C12H19N3O/c1-3-5-12(6-4-7-14-12)10(16)11-13-8-9-15(11)2/h8-9,14H,3-7H2,1-2H3. The van der Waals surface area contributed by atoms with Crippen LogP contribution in [0.25, 0.3) is 0 Å². The van der Waals surface area contributed by atoms with Gasteiger partial charge in [0.1, 0.15) is 0 Å². The molecule has 16 heavy (non-hydrogen) atoms. The Morgan fingerprint density at radius 2 is 2.50 bits per heavy atom. The second kappa shape index (κ2) is 4.37. The van der Waals surface area contributed by atoms with Crippen molar-refractivity contribution in [3.05, 3.63) is 18.2 Å². The van der Waals surface area contributed by atoms with Gasteiger partial charge in [0, 0.05) is 19.4 Å². The molecule has 1 fully saturated rings. The molecule has 0 aliphatic carbocycles. The quantitative estimate of drug-likeness (QED) is 0.784. The number of aryl methyl sites for hydroxylation is 1. The van der Waals surface area contributed by atoms with Crippen LogP contribution in [0.2, 0.25) is 0 Å². The third kappa shape index (κ3) is 1.78. The lowest BCUT2D eigenvalue weighted by Gasteiger charge is -2.27. The molecule has 1 aromatic rings. The molecule has 1 aromatic heterocycles. The topological polar surface area (TPSA) is 46.9 Å². The summed E-state index contributed by atoms with van der Waals surface area (Å²) < 4.78 is 1.81. The van der Waals surface area contributed by atoms with Crippen LogP contribution in [0.1, 0.15) is 43.2 Å². The summed E-state index contributed by atoms with van der Waals surface area (Å²) in [6.07, 6.45) is 7.44. The van der Waals surface area contributed by atoms with Crippen molar-refractivity contribution in [2.75, 3.05) is 6.54 Å². The first-order valence-corrected chi connectivity index (χ1v) is 5.97. The van der Waals surface area contributed by atoms with Crippen LogP contribution >= 0.6 is 0 Å². The van der Waals surface area contributed by atoms with Crippen molar-refractivity contribution in [1.29, 1.82) is 0 Å². The lowest BCUT2D eigenvalue weighted by molar-refractivity contribution is 0.0843. The number of hydrogen-bond donors (Lipinski definition) is 1. The normalized spacial score (nSPS) is 24.9. The Morgan fingerprint density at radius 1 is 1.69 bits per heavy atom. The van der Waals surface area contributed by atoms with Gasteiger partial charge in [-0.15, -0.1) is 0 Å². The molecule has 0 bridgehead atoms. The van der Waals surface area contributed by atoms with Gasteiger partial charge in [-0.3, -0.25) is 4.79 Å². The maximum atomic E-state index is 12.5. The summed E-state index contributed by atoms with van der Waals surface area (Å²) in [5.41, 5.74) is -0.353. The van der Waals surface area contributed by atoms with Crippen molar-refractivity contribution < 1.29 is 4.79 Å². The number of imidazole rings is 1. The van der Waals surface area contributed by atoms with Crippen molar-refractivity contribution in [2.45, 2.75) is 38.1 Å². The average Bonchev–Trinajstić information content (AvgIpc) is 2.87. The molecule has 1 N–H and O–H groups in total. The number of carbonyl (C=O) groups excluding carboxylic acids is 1. The predicted octanol–water partition coefficient (Wildman–Crippen LogP) is 1.53. The van der Waals surface area contributed by atoms with Crippen molar-refractivity contribution in [3.8, 4) is 0 Å². The van der Waals surface area contributed by atoms with Crippen molar-refractivity contribution in [3.63, 3.8) is 0 Å². The Kier molecular flexibility index (Phi) is 3.10. The molecule has 1 aliphatic heterocycles. The Balaban J connectivity index is 2.27. The number of carbonyl (C=O) groups is 1. The molecule has 2 heterocycles. The van der Waals surface area contributed by atoms with Gasteiger partial charge in [0.25, 0.3) is 0 Å². The maximum absolute atomic E-state index is 12.5. The van der Waals surface area contributed by atoms with E-state index in [1.165, 1.54) is 0 Å². The third-order valence-corrected chi connectivity index (χ3v) is 3.38. The number of aromatic nitrogens is 2. The molecule has 0 aromatic carbocycles. The average molecular weight is 221 g/mol. The summed E-state index contributed by atoms with van der Waals surface area (Å²) >= 11 is 0. The second-order valence-electron chi connectivity index (χ2n) is 4.55. The van der Waals surface area contributed by atoms with E-state index in [9.17, 15) is 4.79 Å². The lowest BCUT2D eigenvalue weighted by atomic mass is 9.87. The molecule has 0 radical (unpaired) electrons. The van der Waals surface area contributed by atoms with E-state index in [0.29, 0.717) is 5.82 Å². The van der Waals surface area contributed by atoms with E-state index >= 15 is 0 Å². The van der Waals surface area contributed by atoms with Gasteiger partial charge in [-0.05, 0) is 25.8 Å². The SMILES string of the molecule is CCCC1(C(=O)c2nccn2C)CCCN1. The van der Waals surface area contributed by atoms with E-state index in [2.05, 4.69) is 17.2 Å². The predicted molar refractivity (Wildman–Crippen MR) is 62.4 cm³/mol. The zero-order chi connectivity index (χ0) is 11.6. The van der Waals surface area contributed by atoms with Crippen molar-refractivity contribution in [1.82, 2.24) is 14.9 Å². The van der Waals surface area contributed by atoms with E-state index in [4.69, 9.17) is 0 Å². The molecule has 0 amide bonds. The summed E-state index contributed by atoms with van der Waals surface area (Å²) in [4.78, 5) is 16.7. The van der Waals surface area contributed by atoms with Gasteiger partial charge in [-0.1, -0.05) is 13.3 Å². The molecule has 4 nitrogen and oxygen atoms in total. The summed E-state index contributed by atoms with van der Waals surface area (Å²) in [6, 6.07) is 0. The lowest BCUT2D eigenvalue weighted by Crippen LogP contribution is -2.48. The van der Waals surface area contributed by atoms with Crippen LogP contribution in [0.5, 0.6) is 0 Å². The maximum Gasteiger partial charge on any atom is 0.218 e. The van der Waals surface area contributed by atoms with E-state index in [-0.39, 0.29) is 11.3 Å². The molecular weight excluding hydrogens is 202 g/mol. The fraction of sp³-hybridized carbons (Fsp3) is 0.667. The van der Waals surface area contributed by atoms with Crippen LogP contribution in [0.3, 0.4) is 0 Å². The molecule has 2 rings (SSSR count). The summed E-state index contributed by atoms with van der Waals surface area (Å²) in [7, 11) is 1.87. The number of rotatable bonds is 4. The molecule has 4 heteroatoms. The van der Waals surface area contributed by atoms with Crippen LogP contribution < -0.4 is 5.32 Å². The first-order chi connectivity index (χ1) is 7.69. The third-order valence-electron chi connectivity index (χ3n) is 3.38. The summed E-state index contributed by atoms with van der Waals surface area (Å²) in [5, 5.41) is 3.38. The minimum absolute atomic E-state index is 0.152. The van der Waals surface area contributed by atoms with Crippen LogP contribution in [-0.4, -0.2) is 27.4 Å². The van der Waals surface area contributed by atoms with E-state index in [1.54, 1.807) is 10.8 Å². The Morgan fingerprint density at radius 3 is 3.00 bits per heavy atom.